The maximum Gasteiger partial charge on any atom is 0.261 e. The molecule has 4 aromatic rings. The Balaban J connectivity index is 1.55. The van der Waals surface area contributed by atoms with Gasteiger partial charge in [-0.2, -0.15) is 0 Å². The number of aromatic nitrogens is 2. The van der Waals surface area contributed by atoms with E-state index in [-0.39, 0.29) is 5.91 Å². The van der Waals surface area contributed by atoms with E-state index in [0.717, 1.165) is 27.3 Å². The molecule has 0 fully saturated rings. The Morgan fingerprint density at radius 1 is 1.04 bits per heavy atom. The number of imidazole rings is 1. The average Bonchev–Trinajstić information content (AvgIpc) is 3.26. The molecule has 0 aliphatic heterocycles. The molecule has 0 unspecified atom stereocenters. The van der Waals surface area contributed by atoms with Gasteiger partial charge in [-0.1, -0.05) is 42.5 Å². The normalized spacial score (nSPS) is 10.9. The molecule has 4 rings (SSSR count). The van der Waals surface area contributed by atoms with E-state index in [1.165, 1.54) is 11.3 Å². The first-order valence-corrected chi connectivity index (χ1v) is 8.88. The molecule has 1 N–H and O–H groups in total. The minimum absolute atomic E-state index is 0.0566. The lowest BCUT2D eigenvalue weighted by Crippen LogP contribution is -2.21. The first-order chi connectivity index (χ1) is 12.2. The van der Waals surface area contributed by atoms with Crippen molar-refractivity contribution in [1.82, 2.24) is 14.9 Å². The number of nitrogens with zero attached hydrogens (tertiary/aromatic N) is 2. The highest BCUT2D eigenvalue weighted by molar-refractivity contribution is 7.17. The monoisotopic (exact) mass is 347 g/mol. The minimum Gasteiger partial charge on any atom is -0.347 e. The Labute approximate surface area is 149 Å². The lowest BCUT2D eigenvalue weighted by molar-refractivity contribution is 0.0955. The van der Waals surface area contributed by atoms with E-state index in [2.05, 4.69) is 9.88 Å². The quantitative estimate of drug-likeness (QED) is 0.600. The van der Waals surface area contributed by atoms with Gasteiger partial charge in [-0.15, -0.1) is 11.3 Å². The van der Waals surface area contributed by atoms with E-state index in [9.17, 15) is 4.79 Å². The van der Waals surface area contributed by atoms with Crippen LogP contribution in [0.25, 0.3) is 21.7 Å². The number of aryl methyl sites for hydroxylation is 1. The van der Waals surface area contributed by atoms with E-state index in [0.29, 0.717) is 11.4 Å². The van der Waals surface area contributed by atoms with Gasteiger partial charge < -0.3 is 9.88 Å². The van der Waals surface area contributed by atoms with Crippen LogP contribution >= 0.6 is 11.3 Å². The summed E-state index contributed by atoms with van der Waals surface area (Å²) in [5, 5.41) is 2.97. The van der Waals surface area contributed by atoms with E-state index in [1.807, 2.05) is 73.8 Å². The second kappa shape index (κ2) is 6.53. The fourth-order valence-electron chi connectivity index (χ4n) is 2.81. The van der Waals surface area contributed by atoms with Gasteiger partial charge in [0.15, 0.2) is 5.82 Å². The van der Waals surface area contributed by atoms with Crippen molar-refractivity contribution in [2.75, 3.05) is 0 Å². The van der Waals surface area contributed by atoms with Gasteiger partial charge in [-0.25, -0.2) is 4.98 Å². The number of thiophene rings is 1. The largest absolute Gasteiger partial charge is 0.347 e. The first-order valence-electron chi connectivity index (χ1n) is 8.06. The van der Waals surface area contributed by atoms with Gasteiger partial charge in [-0.3, -0.25) is 4.79 Å². The third-order valence-corrected chi connectivity index (χ3v) is 5.21. The molecule has 0 saturated carbocycles. The van der Waals surface area contributed by atoms with Crippen molar-refractivity contribution in [3.8, 4) is 10.7 Å². The third-order valence-electron chi connectivity index (χ3n) is 4.13. The Hall–Kier alpha value is -2.92. The van der Waals surface area contributed by atoms with Crippen molar-refractivity contribution < 1.29 is 4.79 Å². The topological polar surface area (TPSA) is 46.9 Å². The summed E-state index contributed by atoms with van der Waals surface area (Å²) in [6.45, 7) is 0.527. The highest BCUT2D eigenvalue weighted by Gasteiger charge is 2.14. The van der Waals surface area contributed by atoms with Crippen molar-refractivity contribution in [1.29, 1.82) is 0 Å². The molecule has 0 aliphatic rings. The fraction of sp³-hybridized carbons (Fsp3) is 0.100. The van der Waals surface area contributed by atoms with Crippen LogP contribution in [0.1, 0.15) is 15.2 Å². The molecule has 0 atom stereocenters. The summed E-state index contributed by atoms with van der Waals surface area (Å²) < 4.78 is 2.06. The van der Waals surface area contributed by atoms with Gasteiger partial charge >= 0.3 is 0 Å². The number of rotatable bonds is 4. The van der Waals surface area contributed by atoms with Gasteiger partial charge in [0, 0.05) is 13.6 Å². The van der Waals surface area contributed by atoms with Crippen molar-refractivity contribution in [2.45, 2.75) is 6.54 Å². The molecular formula is C20H17N3OS. The SMILES string of the molecule is Cn1c(-c2ccc(C(=O)NCc3ccccc3)s2)nc2ccccc21. The molecule has 25 heavy (non-hydrogen) atoms. The predicted octanol–water partition coefficient (Wildman–Crippen LogP) is 4.23. The summed E-state index contributed by atoms with van der Waals surface area (Å²) in [5.41, 5.74) is 3.13. The molecule has 0 aliphatic carbocycles. The highest BCUT2D eigenvalue weighted by Crippen LogP contribution is 2.29. The zero-order valence-electron chi connectivity index (χ0n) is 13.8. The molecule has 2 aromatic heterocycles. The molecule has 2 aromatic carbocycles. The molecule has 2 heterocycles. The molecule has 0 bridgehead atoms. The summed E-state index contributed by atoms with van der Waals surface area (Å²) in [6.07, 6.45) is 0. The van der Waals surface area contributed by atoms with Crippen LogP contribution in [0.5, 0.6) is 0 Å². The molecule has 1 amide bonds. The highest BCUT2D eigenvalue weighted by atomic mass is 32.1. The van der Waals surface area contributed by atoms with Crippen LogP contribution in [-0.2, 0) is 13.6 Å². The van der Waals surface area contributed by atoms with Gasteiger partial charge in [-0.05, 0) is 29.8 Å². The van der Waals surface area contributed by atoms with Gasteiger partial charge in [0.1, 0.15) is 0 Å². The van der Waals surface area contributed by atoms with E-state index >= 15 is 0 Å². The van der Waals surface area contributed by atoms with E-state index in [1.54, 1.807) is 0 Å². The Morgan fingerprint density at radius 3 is 2.60 bits per heavy atom. The minimum atomic E-state index is -0.0566. The van der Waals surface area contributed by atoms with Crippen LogP contribution in [0.4, 0.5) is 0 Å². The Morgan fingerprint density at radius 2 is 1.80 bits per heavy atom. The molecule has 4 nitrogen and oxygen atoms in total. The number of amides is 1. The maximum absolute atomic E-state index is 12.4. The summed E-state index contributed by atoms with van der Waals surface area (Å²) in [7, 11) is 2.00. The lowest BCUT2D eigenvalue weighted by Gasteiger charge is -2.03. The smallest absolute Gasteiger partial charge is 0.261 e. The van der Waals surface area contributed by atoms with Crippen molar-refractivity contribution in [2.24, 2.45) is 7.05 Å². The molecule has 124 valence electrons. The summed E-state index contributed by atoms with van der Waals surface area (Å²) in [4.78, 5) is 18.8. The second-order valence-corrected chi connectivity index (χ2v) is 6.90. The summed E-state index contributed by atoms with van der Waals surface area (Å²) in [5.74, 6) is 0.826. The van der Waals surface area contributed by atoms with Crippen molar-refractivity contribution >= 4 is 28.3 Å². The van der Waals surface area contributed by atoms with Crippen LogP contribution in [0.15, 0.2) is 66.7 Å². The van der Waals surface area contributed by atoms with E-state index in [4.69, 9.17) is 4.98 Å². The van der Waals surface area contributed by atoms with Crippen molar-refractivity contribution in [3.05, 3.63) is 77.2 Å². The number of hydrogen-bond acceptors (Lipinski definition) is 3. The molecular weight excluding hydrogens is 330 g/mol. The van der Waals surface area contributed by atoms with Gasteiger partial charge in [0.05, 0.1) is 20.8 Å². The maximum atomic E-state index is 12.4. The van der Waals surface area contributed by atoms with Crippen LogP contribution in [0, 0.1) is 0 Å². The van der Waals surface area contributed by atoms with Crippen molar-refractivity contribution in [3.63, 3.8) is 0 Å². The number of nitrogens with one attached hydrogen (secondary N) is 1. The number of carbonyl (C=O) groups excluding carboxylic acids is 1. The standard InChI is InChI=1S/C20H17N3OS/c1-23-16-10-6-5-9-15(16)22-19(23)17-11-12-18(25-17)20(24)21-13-14-7-3-2-4-8-14/h2-12H,13H2,1H3,(H,21,24). The lowest BCUT2D eigenvalue weighted by atomic mass is 10.2. The Bertz CT molecular complexity index is 1030. The molecule has 0 saturated heterocycles. The molecule has 0 spiro atoms. The number of fused-ring (bicyclic) bond motifs is 1. The molecule has 5 heteroatoms. The number of benzene rings is 2. The zero-order chi connectivity index (χ0) is 17.2. The van der Waals surface area contributed by atoms with Crippen LogP contribution in [0.3, 0.4) is 0 Å². The number of carbonyl (C=O) groups is 1. The second-order valence-electron chi connectivity index (χ2n) is 5.82. The fourth-order valence-corrected chi connectivity index (χ4v) is 3.76. The summed E-state index contributed by atoms with van der Waals surface area (Å²) in [6, 6.07) is 21.8. The number of para-hydroxylation sites is 2. The zero-order valence-corrected chi connectivity index (χ0v) is 14.6. The van der Waals surface area contributed by atoms with Crippen LogP contribution < -0.4 is 5.32 Å². The third kappa shape index (κ3) is 3.06. The molecule has 0 radical (unpaired) electrons. The van der Waals surface area contributed by atoms with Gasteiger partial charge in [0.2, 0.25) is 0 Å². The summed E-state index contributed by atoms with van der Waals surface area (Å²) >= 11 is 1.46. The predicted molar refractivity (Wildman–Crippen MR) is 102 cm³/mol. The Kier molecular flexibility index (Phi) is 4.07. The number of hydrogen-bond donors (Lipinski definition) is 1. The average molecular weight is 347 g/mol. The van der Waals surface area contributed by atoms with Gasteiger partial charge in [0.25, 0.3) is 5.91 Å². The first kappa shape index (κ1) is 15.6. The van der Waals surface area contributed by atoms with Crippen LogP contribution in [-0.4, -0.2) is 15.5 Å². The van der Waals surface area contributed by atoms with Crippen LogP contribution in [0.2, 0.25) is 0 Å². The van der Waals surface area contributed by atoms with E-state index < -0.39 is 0 Å².